The van der Waals surface area contributed by atoms with Gasteiger partial charge in [-0.1, -0.05) is 115 Å². The number of aromatic nitrogens is 5. The minimum atomic E-state index is 0.640. The van der Waals surface area contributed by atoms with E-state index in [0.717, 1.165) is 65.1 Å². The normalized spacial score (nSPS) is 11.7. The standard InChI is InChI=1S/C52H31N5S2/c1-3-13-32(14-4-1)49-54-50(35-25-27-45-41(31-35)38-19-7-9-23-44(38)57(45)37-17-5-2-6-18-37)56-51(55-49)40-21-12-20-39-42-30-34(26-28-46(42)58-48(39)40)33-15-11-16-36(29-33)52-53-43-22-8-10-24-47(43)59-52/h1-31H. The van der Waals surface area contributed by atoms with Crippen LogP contribution in [0, 0.1) is 0 Å². The average molecular weight is 790 g/mol. The predicted molar refractivity (Wildman–Crippen MR) is 247 cm³/mol. The summed E-state index contributed by atoms with van der Waals surface area (Å²) in [5, 5.41) is 5.77. The molecule has 7 heteroatoms. The molecule has 0 fully saturated rings. The molecule has 0 saturated heterocycles. The van der Waals surface area contributed by atoms with E-state index >= 15 is 0 Å². The zero-order chi connectivity index (χ0) is 38.9. The van der Waals surface area contributed by atoms with Crippen molar-refractivity contribution in [3.63, 3.8) is 0 Å². The number of nitrogens with zero attached hydrogens (tertiary/aromatic N) is 5. The van der Waals surface area contributed by atoms with Crippen LogP contribution in [0.5, 0.6) is 0 Å². The first-order chi connectivity index (χ1) is 29.2. The minimum absolute atomic E-state index is 0.640. The third kappa shape index (κ3) is 5.74. The van der Waals surface area contributed by atoms with Crippen molar-refractivity contribution in [2.75, 3.05) is 0 Å². The maximum absolute atomic E-state index is 5.26. The Bertz CT molecular complexity index is 3530. The Morgan fingerprint density at radius 1 is 0.356 bits per heavy atom. The Hall–Kier alpha value is -7.32. The van der Waals surface area contributed by atoms with Gasteiger partial charge in [0.15, 0.2) is 17.5 Å². The van der Waals surface area contributed by atoms with Crippen molar-refractivity contribution in [3.8, 4) is 61.5 Å². The van der Waals surface area contributed by atoms with Gasteiger partial charge >= 0.3 is 0 Å². The van der Waals surface area contributed by atoms with Crippen LogP contribution in [0.2, 0.25) is 0 Å². The third-order valence-corrected chi connectivity index (χ3v) is 13.4. The number of hydrogen-bond donors (Lipinski definition) is 0. The smallest absolute Gasteiger partial charge is 0.165 e. The van der Waals surface area contributed by atoms with Crippen molar-refractivity contribution in [2.24, 2.45) is 0 Å². The van der Waals surface area contributed by atoms with Gasteiger partial charge in [0.25, 0.3) is 0 Å². The van der Waals surface area contributed by atoms with E-state index in [1.807, 2.05) is 24.3 Å². The highest BCUT2D eigenvalue weighted by Crippen LogP contribution is 2.42. The second kappa shape index (κ2) is 13.7. The number of thiazole rings is 1. The number of rotatable bonds is 6. The fourth-order valence-electron chi connectivity index (χ4n) is 8.29. The molecular formula is C52H31N5S2. The largest absolute Gasteiger partial charge is 0.309 e. The molecule has 12 aromatic rings. The Morgan fingerprint density at radius 2 is 1.00 bits per heavy atom. The highest BCUT2D eigenvalue weighted by Gasteiger charge is 2.19. The second-order valence-electron chi connectivity index (χ2n) is 14.7. The third-order valence-electron chi connectivity index (χ3n) is 11.1. The topological polar surface area (TPSA) is 56.5 Å². The van der Waals surface area contributed by atoms with Crippen molar-refractivity contribution < 1.29 is 0 Å². The van der Waals surface area contributed by atoms with Gasteiger partial charge in [0, 0.05) is 58.9 Å². The van der Waals surface area contributed by atoms with Crippen LogP contribution in [0.4, 0.5) is 0 Å². The second-order valence-corrected chi connectivity index (χ2v) is 16.7. The summed E-state index contributed by atoms with van der Waals surface area (Å²) in [7, 11) is 0. The molecule has 0 spiro atoms. The highest BCUT2D eigenvalue weighted by atomic mass is 32.1. The maximum atomic E-state index is 5.26. The van der Waals surface area contributed by atoms with Gasteiger partial charge in [-0.25, -0.2) is 19.9 Å². The summed E-state index contributed by atoms with van der Waals surface area (Å²) >= 11 is 3.52. The van der Waals surface area contributed by atoms with Crippen LogP contribution in [-0.4, -0.2) is 24.5 Å². The SMILES string of the molecule is c1ccc(-c2nc(-c3ccc4c(c3)c3ccccc3n4-c3ccccc3)nc(-c3cccc4c3sc3ccc(-c5cccc(-c6nc7ccccc7s6)c5)cc34)n2)cc1. The molecule has 0 amide bonds. The van der Waals surface area contributed by atoms with Gasteiger partial charge < -0.3 is 4.57 Å². The molecule has 4 aromatic heterocycles. The molecule has 0 aliphatic rings. The van der Waals surface area contributed by atoms with Gasteiger partial charge in [0.2, 0.25) is 0 Å². The van der Waals surface area contributed by atoms with E-state index in [1.54, 1.807) is 22.7 Å². The summed E-state index contributed by atoms with van der Waals surface area (Å²) in [5.41, 5.74) is 10.8. The van der Waals surface area contributed by atoms with Crippen LogP contribution in [0.15, 0.2) is 188 Å². The predicted octanol–water partition coefficient (Wildman–Crippen LogP) is 14.3. The maximum Gasteiger partial charge on any atom is 0.165 e. The van der Waals surface area contributed by atoms with Crippen molar-refractivity contribution in [1.82, 2.24) is 24.5 Å². The van der Waals surface area contributed by atoms with Crippen LogP contribution < -0.4 is 0 Å². The number of thiophene rings is 1. The number of hydrogen-bond acceptors (Lipinski definition) is 6. The van der Waals surface area contributed by atoms with E-state index in [0.29, 0.717) is 17.5 Å². The number of para-hydroxylation sites is 3. The molecule has 0 N–H and O–H groups in total. The highest BCUT2D eigenvalue weighted by molar-refractivity contribution is 7.26. The molecule has 4 heterocycles. The lowest BCUT2D eigenvalue weighted by atomic mass is 10.0. The first-order valence-electron chi connectivity index (χ1n) is 19.5. The lowest BCUT2D eigenvalue weighted by Crippen LogP contribution is -2.00. The molecule has 0 bridgehead atoms. The number of benzene rings is 8. The van der Waals surface area contributed by atoms with Gasteiger partial charge in [-0.15, -0.1) is 22.7 Å². The van der Waals surface area contributed by atoms with Crippen molar-refractivity contribution in [1.29, 1.82) is 0 Å². The Labute approximate surface area is 347 Å². The summed E-state index contributed by atoms with van der Waals surface area (Å²) in [6, 6.07) is 66.3. The van der Waals surface area contributed by atoms with Gasteiger partial charge in [0.1, 0.15) is 5.01 Å². The minimum Gasteiger partial charge on any atom is -0.309 e. The lowest BCUT2D eigenvalue weighted by molar-refractivity contribution is 1.08. The Kier molecular flexibility index (Phi) is 7.82. The Balaban J connectivity index is 0.993. The van der Waals surface area contributed by atoms with E-state index in [-0.39, 0.29) is 0 Å². The summed E-state index contributed by atoms with van der Waals surface area (Å²) in [4.78, 5) is 20.5. The fourth-order valence-corrected chi connectivity index (χ4v) is 10.4. The monoisotopic (exact) mass is 789 g/mol. The van der Waals surface area contributed by atoms with E-state index in [9.17, 15) is 0 Å². The molecule has 276 valence electrons. The van der Waals surface area contributed by atoms with Crippen molar-refractivity contribution >= 4 is 74.9 Å². The van der Waals surface area contributed by atoms with Crippen LogP contribution >= 0.6 is 22.7 Å². The fraction of sp³-hybridized carbons (Fsp3) is 0. The van der Waals surface area contributed by atoms with Crippen LogP contribution in [0.25, 0.3) is 114 Å². The van der Waals surface area contributed by atoms with Gasteiger partial charge in [0.05, 0.1) is 21.3 Å². The van der Waals surface area contributed by atoms with Gasteiger partial charge in [-0.2, -0.15) is 0 Å². The summed E-state index contributed by atoms with van der Waals surface area (Å²) in [5.74, 6) is 1.94. The molecule has 0 aliphatic carbocycles. The van der Waals surface area contributed by atoms with Crippen molar-refractivity contribution in [3.05, 3.63) is 188 Å². The first kappa shape index (κ1) is 33.8. The molecule has 8 aromatic carbocycles. The van der Waals surface area contributed by atoms with Crippen LogP contribution in [0.1, 0.15) is 0 Å². The molecule has 0 aliphatic heterocycles. The molecule has 12 rings (SSSR count). The van der Waals surface area contributed by atoms with Crippen molar-refractivity contribution in [2.45, 2.75) is 0 Å². The summed E-state index contributed by atoms with van der Waals surface area (Å²) < 4.78 is 5.90. The van der Waals surface area contributed by atoms with E-state index in [1.165, 1.54) is 31.1 Å². The molecule has 0 unspecified atom stereocenters. The lowest BCUT2D eigenvalue weighted by Gasteiger charge is -2.10. The van der Waals surface area contributed by atoms with Gasteiger partial charge in [-0.05, 0) is 83.9 Å². The summed E-state index contributed by atoms with van der Waals surface area (Å²) in [6.07, 6.45) is 0. The van der Waals surface area contributed by atoms with Crippen LogP contribution in [0.3, 0.4) is 0 Å². The van der Waals surface area contributed by atoms with Gasteiger partial charge in [-0.3, -0.25) is 0 Å². The molecule has 0 saturated carbocycles. The van der Waals surface area contributed by atoms with E-state index < -0.39 is 0 Å². The Morgan fingerprint density at radius 3 is 1.88 bits per heavy atom. The number of fused-ring (bicyclic) bond motifs is 7. The quantitative estimate of drug-likeness (QED) is 0.168. The molecule has 59 heavy (non-hydrogen) atoms. The van der Waals surface area contributed by atoms with E-state index in [2.05, 4.69) is 168 Å². The van der Waals surface area contributed by atoms with E-state index in [4.69, 9.17) is 19.9 Å². The average Bonchev–Trinajstić information content (AvgIpc) is 4.01. The molecule has 5 nitrogen and oxygen atoms in total. The zero-order valence-corrected chi connectivity index (χ0v) is 33.1. The molecule has 0 radical (unpaired) electrons. The summed E-state index contributed by atoms with van der Waals surface area (Å²) in [6.45, 7) is 0. The molecule has 0 atom stereocenters. The van der Waals surface area contributed by atoms with Crippen LogP contribution in [-0.2, 0) is 0 Å². The molecular weight excluding hydrogens is 759 g/mol. The first-order valence-corrected chi connectivity index (χ1v) is 21.2. The zero-order valence-electron chi connectivity index (χ0n) is 31.5.